The lowest BCUT2D eigenvalue weighted by Crippen LogP contribution is -2.38. The Labute approximate surface area is 215 Å². The highest BCUT2D eigenvalue weighted by Gasteiger charge is 2.33. The third kappa shape index (κ3) is 5.56. The monoisotopic (exact) mass is 618 g/mol. The van der Waals surface area contributed by atoms with Crippen molar-refractivity contribution in [2.45, 2.75) is 32.7 Å². The molecular formula is C23H19F4IN4O2S. The normalized spacial score (nSPS) is 12.3. The van der Waals surface area contributed by atoms with Gasteiger partial charge in [-0.3, -0.25) is 8.91 Å². The fourth-order valence-electron chi connectivity index (χ4n) is 3.77. The Bertz CT molecular complexity index is 1340. The summed E-state index contributed by atoms with van der Waals surface area (Å²) < 4.78 is 57.5. The molecule has 0 aliphatic heterocycles. The molecule has 35 heavy (non-hydrogen) atoms. The molecule has 3 rings (SSSR count). The van der Waals surface area contributed by atoms with Crippen molar-refractivity contribution >= 4 is 53.0 Å². The first kappa shape index (κ1) is 26.8. The highest BCUT2D eigenvalue weighted by atomic mass is 127. The molecule has 0 saturated heterocycles. The summed E-state index contributed by atoms with van der Waals surface area (Å²) in [6.07, 6.45) is 3.00. The van der Waals surface area contributed by atoms with Crippen molar-refractivity contribution in [3.8, 4) is 17.3 Å². The molecule has 0 aliphatic carbocycles. The van der Waals surface area contributed by atoms with E-state index in [4.69, 9.17) is 0 Å². The van der Waals surface area contributed by atoms with Crippen LogP contribution in [0.15, 0.2) is 37.1 Å². The molecule has 2 heterocycles. The summed E-state index contributed by atoms with van der Waals surface area (Å²) in [5.74, 6) is -4.04. The molecule has 1 unspecified atom stereocenters. The Morgan fingerprint density at radius 1 is 1.37 bits per heavy atom. The van der Waals surface area contributed by atoms with Gasteiger partial charge in [-0.05, 0) is 24.0 Å². The number of benzene rings is 1. The average molecular weight is 618 g/mol. The second-order valence-corrected chi connectivity index (χ2v) is 10.1. The van der Waals surface area contributed by atoms with Crippen LogP contribution in [0.25, 0.3) is 22.2 Å². The molecule has 12 heteroatoms. The number of carbonyl (C=O) groups is 1. The molecular weight excluding hydrogens is 599 g/mol. The number of hydrogen-bond donors (Lipinski definition) is 1. The second-order valence-electron chi connectivity index (χ2n) is 8.38. The lowest BCUT2D eigenvalue weighted by atomic mass is 9.79. The van der Waals surface area contributed by atoms with Crippen molar-refractivity contribution in [1.82, 2.24) is 8.96 Å². The van der Waals surface area contributed by atoms with Crippen LogP contribution in [-0.4, -0.2) is 21.0 Å². The van der Waals surface area contributed by atoms with Gasteiger partial charge in [0.1, 0.15) is 11.9 Å². The molecule has 0 radical (unpaired) electrons. The summed E-state index contributed by atoms with van der Waals surface area (Å²) in [7, 11) is 1.11. The van der Waals surface area contributed by atoms with Crippen LogP contribution in [0.2, 0.25) is 0 Å². The number of nitrogens with one attached hydrogen (secondary N) is 1. The zero-order chi connectivity index (χ0) is 25.9. The molecule has 0 aliphatic rings. The van der Waals surface area contributed by atoms with Crippen molar-refractivity contribution in [3.05, 3.63) is 60.1 Å². The van der Waals surface area contributed by atoms with Crippen LogP contribution in [0.4, 0.5) is 23.5 Å². The van der Waals surface area contributed by atoms with Gasteiger partial charge in [0.2, 0.25) is 0 Å². The Morgan fingerprint density at radius 3 is 2.69 bits per heavy atom. The van der Waals surface area contributed by atoms with Gasteiger partial charge in [0.15, 0.2) is 17.5 Å². The van der Waals surface area contributed by atoms with E-state index in [1.54, 1.807) is 19.9 Å². The molecule has 0 amide bonds. The van der Waals surface area contributed by atoms with E-state index < -0.39 is 41.3 Å². The Morgan fingerprint density at radius 2 is 2.09 bits per heavy atom. The van der Waals surface area contributed by atoms with Crippen LogP contribution in [0, 0.1) is 34.2 Å². The minimum atomic E-state index is -1.16. The van der Waals surface area contributed by atoms with Crippen LogP contribution < -0.4 is 5.32 Å². The summed E-state index contributed by atoms with van der Waals surface area (Å²) in [4.78, 5) is 19.3. The molecule has 6 nitrogen and oxygen atoms in total. The van der Waals surface area contributed by atoms with Crippen molar-refractivity contribution in [1.29, 1.82) is 5.26 Å². The molecule has 1 aromatic carbocycles. The summed E-state index contributed by atoms with van der Waals surface area (Å²) in [5, 5.41) is 12.6. The van der Waals surface area contributed by atoms with Crippen LogP contribution in [0.1, 0.15) is 32.3 Å². The van der Waals surface area contributed by atoms with E-state index >= 15 is 0 Å². The number of nitriles is 1. The largest absolute Gasteiger partial charge is 0.364 e. The van der Waals surface area contributed by atoms with Crippen LogP contribution in [0.3, 0.4) is 0 Å². The molecule has 0 spiro atoms. The molecule has 1 N–H and O–H groups in total. The van der Waals surface area contributed by atoms with Gasteiger partial charge in [-0.15, -0.1) is 6.58 Å². The molecule has 184 valence electrons. The first-order valence-electron chi connectivity index (χ1n) is 10.1. The maximum atomic E-state index is 15.0. The van der Waals surface area contributed by atoms with Crippen LogP contribution in [-0.2, 0) is 9.74 Å². The van der Waals surface area contributed by atoms with Gasteiger partial charge in [-0.25, -0.2) is 22.9 Å². The Kier molecular flexibility index (Phi) is 8.32. The number of pyridine rings is 1. The first-order valence-corrected chi connectivity index (χ1v) is 13.5. The van der Waals surface area contributed by atoms with Gasteiger partial charge in [-0.1, -0.05) is 19.9 Å². The van der Waals surface area contributed by atoms with E-state index in [9.17, 15) is 27.8 Å². The number of anilines is 1. The van der Waals surface area contributed by atoms with E-state index in [0.29, 0.717) is 6.42 Å². The maximum Gasteiger partial charge on any atom is 0.350 e. The maximum absolute atomic E-state index is 15.0. The number of fused-ring (bicyclic) bond motifs is 1. The number of aromatic nitrogens is 2. The van der Waals surface area contributed by atoms with Gasteiger partial charge in [-0.2, -0.15) is 5.26 Å². The van der Waals surface area contributed by atoms with E-state index in [1.807, 2.05) is 27.3 Å². The lowest BCUT2D eigenvalue weighted by molar-refractivity contribution is -0.184. The number of carbonyl (C=O) groups excluding carboxylic acids is 1. The molecule has 0 bridgehead atoms. The molecule has 1 atom stereocenters. The summed E-state index contributed by atoms with van der Waals surface area (Å²) >= 11 is 1.92. The fraction of sp³-hybridized carbons (Fsp3) is 0.261. The van der Waals surface area contributed by atoms with Gasteiger partial charge < -0.3 is 5.32 Å². The smallest absolute Gasteiger partial charge is 0.350 e. The number of rotatable bonds is 9. The third-order valence-electron chi connectivity index (χ3n) is 5.59. The average Bonchev–Trinajstić information content (AvgIpc) is 3.17. The zero-order valence-electron chi connectivity index (χ0n) is 18.5. The van der Waals surface area contributed by atoms with Gasteiger partial charge >= 0.3 is 5.97 Å². The Hall–Kier alpha value is -2.79. The quantitative estimate of drug-likeness (QED) is 0.158. The van der Waals surface area contributed by atoms with E-state index in [-0.39, 0.29) is 33.5 Å². The zero-order valence-corrected chi connectivity index (χ0v) is 21.5. The van der Waals surface area contributed by atoms with Crippen molar-refractivity contribution in [2.75, 3.05) is 5.32 Å². The van der Waals surface area contributed by atoms with Gasteiger partial charge in [0.05, 0.1) is 23.2 Å². The fourth-order valence-corrected chi connectivity index (χ4v) is 5.10. The number of allylic oxidation sites excluding steroid dienone is 1. The minimum absolute atomic E-state index is 0.0241. The minimum Gasteiger partial charge on any atom is -0.364 e. The van der Waals surface area contributed by atoms with Crippen molar-refractivity contribution < 1.29 is 27.4 Å². The van der Waals surface area contributed by atoms with Crippen molar-refractivity contribution in [3.63, 3.8) is 0 Å². The molecule has 3 aromatic rings. The van der Waals surface area contributed by atoms with E-state index in [2.05, 4.69) is 21.8 Å². The summed E-state index contributed by atoms with van der Waals surface area (Å²) in [6.45, 7) is 7.19. The topological polar surface area (TPSA) is 79.9 Å². The molecule has 0 saturated carbocycles. The van der Waals surface area contributed by atoms with Crippen LogP contribution >= 0.6 is 30.3 Å². The van der Waals surface area contributed by atoms with Crippen molar-refractivity contribution in [2.24, 2.45) is 5.41 Å². The number of hydrogen-bond acceptors (Lipinski definition) is 6. The standard InChI is InChI=1S/C23H19F4IN4O2S/c1-4-5-23(2,3)18(9-19(33)34-27)30-22-17(26)6-12(10-29)20(31-22)15-11-32(35-28)21-14(15)7-13(24)8-16(21)25/h4,6-8,11,18H,1,5,9H2,2-3H3,(H,30,31). The van der Waals surface area contributed by atoms with E-state index in [1.165, 1.54) is 10.2 Å². The predicted octanol–water partition coefficient (Wildman–Crippen LogP) is 7.04. The Balaban J connectivity index is 2.20. The molecule has 0 fully saturated rings. The number of halogens is 5. The predicted molar refractivity (Wildman–Crippen MR) is 135 cm³/mol. The number of nitrogens with zero attached hydrogens (tertiary/aromatic N) is 3. The second kappa shape index (κ2) is 10.9. The summed E-state index contributed by atoms with van der Waals surface area (Å²) in [5.41, 5.74) is -0.629. The SMILES string of the molecule is C=CCC(C)(C)C(CC(=O)OF)Nc1nc(-c2cn(SI)c3c(F)cc(F)cc23)c(C#N)cc1F. The van der Waals surface area contributed by atoms with Crippen LogP contribution in [0.5, 0.6) is 0 Å². The van der Waals surface area contributed by atoms with E-state index in [0.717, 1.165) is 27.3 Å². The summed E-state index contributed by atoms with van der Waals surface area (Å²) in [6, 6.07) is 3.79. The first-order chi connectivity index (χ1) is 16.6. The van der Waals surface area contributed by atoms with Gasteiger partial charge in [0, 0.05) is 64.1 Å². The van der Waals surface area contributed by atoms with Gasteiger partial charge in [0.25, 0.3) is 0 Å². The lowest BCUT2D eigenvalue weighted by Gasteiger charge is -2.34. The third-order valence-corrected chi connectivity index (χ3v) is 7.30. The molecule has 2 aromatic heterocycles. The highest BCUT2D eigenvalue weighted by molar-refractivity contribution is 14.2. The highest BCUT2D eigenvalue weighted by Crippen LogP contribution is 2.38.